The molecule has 30 rings (SSSR count). The molecule has 150 heavy (non-hydrogen) atoms. The average Bonchev–Trinajstić information content (AvgIpc) is 1.59. The second-order valence-electron chi connectivity index (χ2n) is 38.6. The summed E-state index contributed by atoms with van der Waals surface area (Å²) in [4.78, 5) is 14.7. The summed E-state index contributed by atoms with van der Waals surface area (Å²) in [5.41, 5.74) is 45.2. The third-order valence-corrected chi connectivity index (χ3v) is 29.9. The van der Waals surface area contributed by atoms with Crippen molar-refractivity contribution in [2.24, 2.45) is 0 Å². The monoisotopic (exact) mass is 1910 g/mol. The molecule has 0 aliphatic heterocycles. The maximum atomic E-state index is 4.91. The maximum absolute atomic E-state index is 4.91. The van der Waals surface area contributed by atoms with E-state index in [9.17, 15) is 0 Å². The van der Waals surface area contributed by atoms with Gasteiger partial charge in [0, 0.05) is 101 Å². The highest BCUT2D eigenvalue weighted by atomic mass is 15.0. The van der Waals surface area contributed by atoms with E-state index in [4.69, 9.17) is 15.0 Å². The number of aromatic nitrogens is 9. The van der Waals surface area contributed by atoms with Gasteiger partial charge in [0.2, 0.25) is 0 Å². The van der Waals surface area contributed by atoms with Gasteiger partial charge >= 0.3 is 0 Å². The van der Waals surface area contributed by atoms with Gasteiger partial charge in [0.05, 0.1) is 82.8 Å². The van der Waals surface area contributed by atoms with Crippen LogP contribution in [-0.2, 0) is 0 Å². The van der Waals surface area contributed by atoms with Gasteiger partial charge in [-0.2, -0.15) is 0 Å². The Labute approximate surface area is 866 Å². The molecule has 9 aromatic heterocycles. The summed E-state index contributed by atoms with van der Waals surface area (Å²) in [6.45, 7) is 0. The summed E-state index contributed by atoms with van der Waals surface area (Å²) < 4.78 is 14.2. The van der Waals surface area contributed by atoms with Crippen LogP contribution in [0.25, 0.3) is 265 Å². The Morgan fingerprint density at radius 3 is 0.573 bits per heavy atom. The lowest BCUT2D eigenvalue weighted by molar-refractivity contribution is 1.18. The van der Waals surface area contributed by atoms with Crippen molar-refractivity contribution in [3.8, 4) is 134 Å². The van der Waals surface area contributed by atoms with Crippen LogP contribution in [0.15, 0.2) is 565 Å². The second kappa shape index (κ2) is 37.2. The van der Waals surface area contributed by atoms with E-state index < -0.39 is 0 Å². The quantitative estimate of drug-likeness (QED) is 0.103. The maximum Gasteiger partial charge on any atom is 0.0963 e. The molecule has 9 heteroatoms. The first-order valence-corrected chi connectivity index (χ1v) is 51.1. The van der Waals surface area contributed by atoms with Gasteiger partial charge in [-0.1, -0.05) is 364 Å². The number of hydrogen-bond acceptors (Lipinski definition) is 3. The van der Waals surface area contributed by atoms with Crippen LogP contribution in [0.3, 0.4) is 0 Å². The van der Waals surface area contributed by atoms with E-state index in [-0.39, 0.29) is 0 Å². The van der Waals surface area contributed by atoms with E-state index in [0.717, 1.165) is 105 Å². The first kappa shape index (κ1) is 87.6. The van der Waals surface area contributed by atoms with Gasteiger partial charge in [-0.15, -0.1) is 0 Å². The van der Waals surface area contributed by atoms with Crippen molar-refractivity contribution >= 4 is 131 Å². The molecule has 0 saturated heterocycles. The van der Waals surface area contributed by atoms with Gasteiger partial charge in [-0.3, -0.25) is 15.0 Å². The first-order valence-electron chi connectivity index (χ1n) is 51.1. The van der Waals surface area contributed by atoms with Gasteiger partial charge in [-0.05, 0) is 282 Å². The molecule has 0 unspecified atom stereocenters. The predicted octanol–water partition coefficient (Wildman–Crippen LogP) is 36.8. The lowest BCUT2D eigenvalue weighted by atomic mass is 10.0. The number of benzene rings is 21. The Balaban J connectivity index is 0.000000108. The summed E-state index contributed by atoms with van der Waals surface area (Å²) in [7, 11) is 0. The lowest BCUT2D eigenvalue weighted by Crippen LogP contribution is -1.95. The Morgan fingerprint density at radius 2 is 0.287 bits per heavy atom. The molecule has 0 N–H and O–H groups in total. The predicted molar refractivity (Wildman–Crippen MR) is 628 cm³/mol. The third kappa shape index (κ3) is 15.5. The third-order valence-electron chi connectivity index (χ3n) is 29.9. The van der Waals surface area contributed by atoms with Crippen molar-refractivity contribution in [3.05, 3.63) is 565 Å². The molecule has 0 fully saturated rings. The zero-order chi connectivity index (χ0) is 99.1. The van der Waals surface area contributed by atoms with Crippen molar-refractivity contribution < 1.29 is 0 Å². The van der Waals surface area contributed by atoms with Gasteiger partial charge in [0.15, 0.2) is 0 Å². The van der Waals surface area contributed by atoms with Crippen LogP contribution in [0.1, 0.15) is 0 Å². The highest BCUT2D eigenvalue weighted by molar-refractivity contribution is 6.16. The minimum Gasteiger partial charge on any atom is -0.309 e. The van der Waals surface area contributed by atoms with Crippen LogP contribution in [0.5, 0.6) is 0 Å². The minimum atomic E-state index is 1.00. The standard InChI is InChI=1S/3C47H31N3/c1-3-12-32(13-4-1)34-16-9-18-38(28-34)49-44-26-24-36(30-42(44)47-45(49)22-11-27-48-47)37-23-25-41-40-20-7-8-21-43(40)50(46(41)31-37)39-19-10-17-35(29-39)33-14-5-2-6-15-33;1-3-11-32(12-4-1)34-20-24-38(25-21-34)49-43-18-8-7-17-40(43)41-26-22-37(31-46(41)49)36-23-27-44-42(30-36)47-45(19-10-28-48-47)50(44)39-16-9-15-35(29-39)33-13-5-2-6-14-33;1-3-10-32(11-4-1)34-17-23-38(24-18-34)49-44-28-22-36(30-42(44)47-45(49)16-9-29-48-47)37-21-27-41-40-14-7-8-15-43(40)50(46(41)31-37)39-25-19-35(20-26-39)33-12-5-2-6-13-33/h3*1-31H. The molecule has 0 radical (unpaired) electrons. The highest BCUT2D eigenvalue weighted by Crippen LogP contribution is 2.46. The van der Waals surface area contributed by atoms with Crippen LogP contribution in [-0.4, -0.2) is 42.4 Å². The molecule has 30 aromatic rings. The van der Waals surface area contributed by atoms with Crippen molar-refractivity contribution in [1.29, 1.82) is 0 Å². The first-order chi connectivity index (χ1) is 74.4. The molecule has 9 nitrogen and oxygen atoms in total. The smallest absolute Gasteiger partial charge is 0.0963 e. The molecule has 0 saturated carbocycles. The Kier molecular flexibility index (Phi) is 21.8. The number of rotatable bonds is 15. The molecule has 0 aliphatic rings. The summed E-state index contributed by atoms with van der Waals surface area (Å²) in [6, 6.07) is 196. The second-order valence-corrected chi connectivity index (χ2v) is 38.6. The molecule has 0 atom stereocenters. The van der Waals surface area contributed by atoms with Crippen molar-refractivity contribution in [2.45, 2.75) is 0 Å². The molecular weight excluding hydrogens is 1820 g/mol. The van der Waals surface area contributed by atoms with Gasteiger partial charge in [0.25, 0.3) is 0 Å². The van der Waals surface area contributed by atoms with Crippen molar-refractivity contribution in [2.75, 3.05) is 0 Å². The number of hydrogen-bond donors (Lipinski definition) is 0. The van der Waals surface area contributed by atoms with E-state index in [1.807, 2.05) is 36.8 Å². The lowest BCUT2D eigenvalue weighted by Gasteiger charge is -2.12. The number of fused-ring (bicyclic) bond motifs is 18. The average molecular weight is 1910 g/mol. The fourth-order valence-electron chi connectivity index (χ4n) is 22.8. The van der Waals surface area contributed by atoms with Crippen LogP contribution in [0.4, 0.5) is 0 Å². The molecular formula is C141H93N9. The summed E-state index contributed by atoms with van der Waals surface area (Å²) >= 11 is 0. The van der Waals surface area contributed by atoms with Gasteiger partial charge < -0.3 is 27.4 Å². The topological polar surface area (TPSA) is 68.2 Å². The van der Waals surface area contributed by atoms with Crippen molar-refractivity contribution in [1.82, 2.24) is 42.4 Å². The van der Waals surface area contributed by atoms with Crippen molar-refractivity contribution in [3.63, 3.8) is 0 Å². The molecule has 0 aliphatic carbocycles. The Hall–Kier alpha value is -20.1. The fraction of sp³-hybridized carbons (Fsp3) is 0. The van der Waals surface area contributed by atoms with E-state index >= 15 is 0 Å². The van der Waals surface area contributed by atoms with E-state index in [1.54, 1.807) is 0 Å². The van der Waals surface area contributed by atoms with E-state index in [0.29, 0.717) is 0 Å². The van der Waals surface area contributed by atoms with E-state index in [1.165, 1.54) is 160 Å². The van der Waals surface area contributed by atoms with Gasteiger partial charge in [0.1, 0.15) is 0 Å². The normalized spacial score (nSPS) is 11.6. The van der Waals surface area contributed by atoms with Crippen LogP contribution < -0.4 is 0 Å². The SMILES string of the molecule is c1ccc(-c2ccc(-n3c4ccccc4c4ccc(-c5ccc6c(c5)c5ncccc5n6-c5ccc(-c6ccccc6)cc5)cc43)cc2)cc1.c1ccc(-c2ccc(-n3c4ccccc4c4ccc(-c5ccc6c(c5)c5ncccc5n6-c5cccc(-c6ccccc6)c5)cc43)cc2)cc1.c1ccc(-c2cccc(-n3c4ccccc4c4ccc(-c5ccc6c(c5)c5ncccc5n6-c5cccc(-c6ccccc6)c5)cc43)c2)cc1. The van der Waals surface area contributed by atoms with Gasteiger partial charge in [-0.25, -0.2) is 0 Å². The van der Waals surface area contributed by atoms with Crippen LogP contribution in [0.2, 0.25) is 0 Å². The summed E-state index contributed by atoms with van der Waals surface area (Å²) in [5.74, 6) is 0. The Bertz CT molecular complexity index is 10400. The minimum absolute atomic E-state index is 1.00. The zero-order valence-electron chi connectivity index (χ0n) is 81.7. The molecule has 0 bridgehead atoms. The number of nitrogens with zero attached hydrogens (tertiary/aromatic N) is 9. The largest absolute Gasteiger partial charge is 0.309 e. The van der Waals surface area contributed by atoms with Crippen LogP contribution >= 0.6 is 0 Å². The van der Waals surface area contributed by atoms with E-state index in [2.05, 4.69) is 555 Å². The molecule has 0 spiro atoms. The number of para-hydroxylation sites is 3. The molecule has 0 amide bonds. The molecule has 21 aromatic carbocycles. The Morgan fingerprint density at radius 1 is 0.100 bits per heavy atom. The highest BCUT2D eigenvalue weighted by Gasteiger charge is 2.25. The molecule has 9 heterocycles. The summed E-state index contributed by atoms with van der Waals surface area (Å²) in [6.07, 6.45) is 5.69. The van der Waals surface area contributed by atoms with Crippen LogP contribution in [0, 0.1) is 0 Å². The number of pyridine rings is 3. The fourth-order valence-corrected chi connectivity index (χ4v) is 22.8. The molecule has 702 valence electrons. The zero-order valence-corrected chi connectivity index (χ0v) is 81.7. The summed E-state index contributed by atoms with van der Waals surface area (Å²) in [5, 5.41) is 10.9.